The van der Waals surface area contributed by atoms with Crippen LogP contribution >= 0.6 is 0 Å². The molecule has 1 aliphatic heterocycles. The molecular formula is C28H28N2O3. The van der Waals surface area contributed by atoms with Gasteiger partial charge in [-0.25, -0.2) is 4.90 Å². The van der Waals surface area contributed by atoms with Gasteiger partial charge in [0.05, 0.1) is 17.9 Å². The predicted molar refractivity (Wildman–Crippen MR) is 132 cm³/mol. The molecule has 0 aromatic heterocycles. The summed E-state index contributed by atoms with van der Waals surface area (Å²) in [5, 5.41) is 0. The van der Waals surface area contributed by atoms with Crippen molar-refractivity contribution in [2.24, 2.45) is 0 Å². The third-order valence-electron chi connectivity index (χ3n) is 5.77. The Morgan fingerprint density at radius 3 is 2.18 bits per heavy atom. The lowest BCUT2D eigenvalue weighted by Gasteiger charge is -2.25. The second-order valence-corrected chi connectivity index (χ2v) is 8.00. The standard InChI is InChI=1S/C28H28N2O3/c1-5-29(22-10-8-7-9-11-22)26-25(21-14-16-23(17-15-21)33-6-2)27(31)30(28(26)32)24-18-19(3)12-13-20(24)4/h7-18H,5-6H2,1-4H3. The molecule has 0 N–H and O–H groups in total. The van der Waals surface area contributed by atoms with Crippen molar-refractivity contribution in [2.45, 2.75) is 27.7 Å². The van der Waals surface area contributed by atoms with Gasteiger partial charge < -0.3 is 9.64 Å². The number of carbonyl (C=O) groups is 2. The molecule has 3 aromatic rings. The first kappa shape index (κ1) is 22.3. The Hall–Kier alpha value is -3.86. The third-order valence-corrected chi connectivity index (χ3v) is 5.77. The quantitative estimate of drug-likeness (QED) is 0.455. The fourth-order valence-electron chi connectivity index (χ4n) is 4.17. The summed E-state index contributed by atoms with van der Waals surface area (Å²) in [4.78, 5) is 31.0. The van der Waals surface area contributed by atoms with E-state index in [1.807, 2.05) is 105 Å². The normalized spacial score (nSPS) is 13.6. The van der Waals surface area contributed by atoms with Crippen LogP contribution in [0.2, 0.25) is 0 Å². The summed E-state index contributed by atoms with van der Waals surface area (Å²) in [6.07, 6.45) is 0. The van der Waals surface area contributed by atoms with Gasteiger partial charge in [-0.1, -0.05) is 42.5 Å². The number of anilines is 2. The minimum atomic E-state index is -0.317. The van der Waals surface area contributed by atoms with E-state index in [4.69, 9.17) is 4.74 Å². The van der Waals surface area contributed by atoms with Crippen molar-refractivity contribution >= 4 is 28.8 Å². The van der Waals surface area contributed by atoms with E-state index in [-0.39, 0.29) is 11.8 Å². The van der Waals surface area contributed by atoms with Crippen LogP contribution in [0.15, 0.2) is 78.5 Å². The Bertz CT molecular complexity index is 1210. The predicted octanol–water partition coefficient (Wildman–Crippen LogP) is 5.51. The molecule has 5 heteroatoms. The molecular weight excluding hydrogens is 412 g/mol. The Labute approximate surface area is 194 Å². The molecule has 0 fully saturated rings. The van der Waals surface area contributed by atoms with Gasteiger partial charge >= 0.3 is 0 Å². The maximum Gasteiger partial charge on any atom is 0.282 e. The topological polar surface area (TPSA) is 49.9 Å². The lowest BCUT2D eigenvalue weighted by Crippen LogP contribution is -2.35. The molecule has 3 aromatic carbocycles. The second-order valence-electron chi connectivity index (χ2n) is 8.00. The molecule has 0 saturated carbocycles. The van der Waals surface area contributed by atoms with Gasteiger partial charge in [0.2, 0.25) is 0 Å². The molecule has 0 aliphatic carbocycles. The van der Waals surface area contributed by atoms with E-state index >= 15 is 0 Å². The van der Waals surface area contributed by atoms with Crippen molar-refractivity contribution in [3.63, 3.8) is 0 Å². The highest BCUT2D eigenvalue weighted by molar-refractivity contribution is 6.46. The lowest BCUT2D eigenvalue weighted by atomic mass is 10.0. The number of benzene rings is 3. The second kappa shape index (κ2) is 9.33. The average molecular weight is 441 g/mol. The molecule has 33 heavy (non-hydrogen) atoms. The maximum atomic E-state index is 13.9. The van der Waals surface area contributed by atoms with Crippen LogP contribution in [0.4, 0.5) is 11.4 Å². The molecule has 0 saturated heterocycles. The highest BCUT2D eigenvalue weighted by Crippen LogP contribution is 2.38. The van der Waals surface area contributed by atoms with Crippen LogP contribution < -0.4 is 14.5 Å². The highest BCUT2D eigenvalue weighted by atomic mass is 16.5. The van der Waals surface area contributed by atoms with Gasteiger partial charge in [-0.3, -0.25) is 9.59 Å². The van der Waals surface area contributed by atoms with Gasteiger partial charge in [-0.15, -0.1) is 0 Å². The minimum Gasteiger partial charge on any atom is -0.494 e. The average Bonchev–Trinajstić information content (AvgIpc) is 3.07. The van der Waals surface area contributed by atoms with Gasteiger partial charge in [0.1, 0.15) is 11.4 Å². The molecule has 5 nitrogen and oxygen atoms in total. The molecule has 0 spiro atoms. The van der Waals surface area contributed by atoms with Crippen LogP contribution in [0, 0.1) is 13.8 Å². The number of likely N-dealkylation sites (N-methyl/N-ethyl adjacent to an activating group) is 1. The van der Waals surface area contributed by atoms with Gasteiger partial charge in [-0.2, -0.15) is 0 Å². The first-order valence-electron chi connectivity index (χ1n) is 11.2. The monoisotopic (exact) mass is 440 g/mol. The summed E-state index contributed by atoms with van der Waals surface area (Å²) in [5.74, 6) is 0.0903. The Kier molecular flexibility index (Phi) is 6.31. The third kappa shape index (κ3) is 4.14. The van der Waals surface area contributed by atoms with E-state index in [2.05, 4.69) is 0 Å². The first-order chi connectivity index (χ1) is 16.0. The van der Waals surface area contributed by atoms with E-state index in [0.29, 0.717) is 35.7 Å². The Morgan fingerprint density at radius 1 is 0.848 bits per heavy atom. The fourth-order valence-corrected chi connectivity index (χ4v) is 4.17. The van der Waals surface area contributed by atoms with Crippen molar-refractivity contribution in [2.75, 3.05) is 23.0 Å². The summed E-state index contributed by atoms with van der Waals surface area (Å²) in [5.41, 5.74) is 4.82. The zero-order chi connectivity index (χ0) is 23.5. The van der Waals surface area contributed by atoms with Crippen molar-refractivity contribution in [1.29, 1.82) is 0 Å². The number of ether oxygens (including phenoxy) is 1. The van der Waals surface area contributed by atoms with Crippen LogP contribution in [0.25, 0.3) is 5.57 Å². The molecule has 4 rings (SSSR count). The molecule has 0 atom stereocenters. The number of para-hydroxylation sites is 1. The summed E-state index contributed by atoms with van der Waals surface area (Å²) in [6.45, 7) is 8.88. The molecule has 1 heterocycles. The van der Waals surface area contributed by atoms with Crippen LogP contribution in [0.5, 0.6) is 5.75 Å². The van der Waals surface area contributed by atoms with Crippen molar-refractivity contribution in [3.05, 3.63) is 95.2 Å². The minimum absolute atomic E-state index is 0.316. The smallest absolute Gasteiger partial charge is 0.282 e. The molecule has 0 radical (unpaired) electrons. The zero-order valence-electron chi connectivity index (χ0n) is 19.5. The number of imide groups is 1. The summed E-state index contributed by atoms with van der Waals surface area (Å²) < 4.78 is 5.57. The van der Waals surface area contributed by atoms with E-state index in [9.17, 15) is 9.59 Å². The highest BCUT2D eigenvalue weighted by Gasteiger charge is 2.43. The van der Waals surface area contributed by atoms with E-state index in [1.54, 1.807) is 0 Å². The number of rotatable bonds is 7. The van der Waals surface area contributed by atoms with E-state index in [0.717, 1.165) is 22.6 Å². The lowest BCUT2D eigenvalue weighted by molar-refractivity contribution is -0.120. The van der Waals surface area contributed by atoms with Crippen LogP contribution in [0.1, 0.15) is 30.5 Å². The number of hydrogen-bond acceptors (Lipinski definition) is 4. The van der Waals surface area contributed by atoms with E-state index < -0.39 is 0 Å². The maximum absolute atomic E-state index is 13.9. The van der Waals surface area contributed by atoms with Crippen molar-refractivity contribution < 1.29 is 14.3 Å². The van der Waals surface area contributed by atoms with Crippen molar-refractivity contribution in [3.8, 4) is 5.75 Å². The largest absolute Gasteiger partial charge is 0.494 e. The van der Waals surface area contributed by atoms with Gasteiger partial charge in [0.15, 0.2) is 0 Å². The van der Waals surface area contributed by atoms with Crippen LogP contribution in [-0.4, -0.2) is 25.0 Å². The SMILES string of the molecule is CCOc1ccc(C2=C(N(CC)c3ccccc3)C(=O)N(c3cc(C)ccc3C)C2=O)cc1. The van der Waals surface area contributed by atoms with Crippen LogP contribution in [0.3, 0.4) is 0 Å². The van der Waals surface area contributed by atoms with Gasteiger partial charge in [0, 0.05) is 12.2 Å². The number of hydrogen-bond donors (Lipinski definition) is 0. The van der Waals surface area contributed by atoms with Crippen LogP contribution in [-0.2, 0) is 9.59 Å². The molecule has 168 valence electrons. The summed E-state index contributed by atoms with van der Waals surface area (Å²) in [7, 11) is 0. The number of carbonyl (C=O) groups excluding carboxylic acids is 2. The number of amides is 2. The zero-order valence-corrected chi connectivity index (χ0v) is 19.5. The molecule has 0 bridgehead atoms. The number of nitrogens with zero attached hydrogens (tertiary/aromatic N) is 2. The fraction of sp³-hybridized carbons (Fsp3) is 0.214. The van der Waals surface area contributed by atoms with E-state index in [1.165, 1.54) is 4.90 Å². The van der Waals surface area contributed by atoms with Gasteiger partial charge in [-0.05, 0) is 74.7 Å². The summed E-state index contributed by atoms with van der Waals surface area (Å²) in [6, 6.07) is 22.9. The molecule has 0 unspecified atom stereocenters. The molecule has 2 amide bonds. The van der Waals surface area contributed by atoms with Crippen molar-refractivity contribution in [1.82, 2.24) is 0 Å². The Balaban J connectivity index is 1.90. The summed E-state index contributed by atoms with van der Waals surface area (Å²) >= 11 is 0. The Morgan fingerprint density at radius 2 is 1.55 bits per heavy atom. The van der Waals surface area contributed by atoms with Gasteiger partial charge in [0.25, 0.3) is 11.8 Å². The number of aryl methyl sites for hydroxylation is 2. The first-order valence-corrected chi connectivity index (χ1v) is 11.2. The molecule has 1 aliphatic rings.